The SMILES string of the molecule is CCN(CC)c1ccc(NC(=O)C2CC(=O)N(c3cccc(Cl)c3C)C2)cc1. The number of hydrogen-bond donors (Lipinski definition) is 1. The number of carbonyl (C=O) groups is 2. The zero-order valence-corrected chi connectivity index (χ0v) is 17.3. The average molecular weight is 400 g/mol. The molecule has 28 heavy (non-hydrogen) atoms. The van der Waals surface area contributed by atoms with Crippen LogP contribution in [0.5, 0.6) is 0 Å². The monoisotopic (exact) mass is 399 g/mol. The summed E-state index contributed by atoms with van der Waals surface area (Å²) in [5, 5.41) is 3.56. The molecule has 1 heterocycles. The predicted octanol–water partition coefficient (Wildman–Crippen LogP) is 4.49. The minimum absolute atomic E-state index is 0.0533. The van der Waals surface area contributed by atoms with Gasteiger partial charge >= 0.3 is 0 Å². The summed E-state index contributed by atoms with van der Waals surface area (Å²) in [6, 6.07) is 13.3. The third-order valence-corrected chi connectivity index (χ3v) is 5.70. The lowest BCUT2D eigenvalue weighted by Gasteiger charge is -2.21. The second-order valence-electron chi connectivity index (χ2n) is 7.00. The number of nitrogens with one attached hydrogen (secondary N) is 1. The lowest BCUT2D eigenvalue weighted by Crippen LogP contribution is -2.28. The number of hydrogen-bond acceptors (Lipinski definition) is 3. The van der Waals surface area contributed by atoms with Crippen LogP contribution in [-0.4, -0.2) is 31.4 Å². The van der Waals surface area contributed by atoms with Crippen molar-refractivity contribution in [1.82, 2.24) is 0 Å². The van der Waals surface area contributed by atoms with E-state index in [1.165, 1.54) is 0 Å². The van der Waals surface area contributed by atoms with Gasteiger partial charge in [0.15, 0.2) is 0 Å². The average Bonchev–Trinajstić information content (AvgIpc) is 3.08. The molecular weight excluding hydrogens is 374 g/mol. The van der Waals surface area contributed by atoms with E-state index in [0.29, 0.717) is 11.6 Å². The Labute approximate surface area is 171 Å². The summed E-state index contributed by atoms with van der Waals surface area (Å²) in [6.45, 7) is 8.35. The van der Waals surface area contributed by atoms with Gasteiger partial charge in [-0.15, -0.1) is 0 Å². The van der Waals surface area contributed by atoms with Crippen molar-refractivity contribution in [3.8, 4) is 0 Å². The van der Waals surface area contributed by atoms with E-state index in [4.69, 9.17) is 11.6 Å². The minimum Gasteiger partial charge on any atom is -0.372 e. The quantitative estimate of drug-likeness (QED) is 0.778. The topological polar surface area (TPSA) is 52.7 Å². The van der Waals surface area contributed by atoms with Gasteiger partial charge in [-0.3, -0.25) is 9.59 Å². The maximum atomic E-state index is 12.7. The fourth-order valence-corrected chi connectivity index (χ4v) is 3.76. The molecule has 0 radical (unpaired) electrons. The van der Waals surface area contributed by atoms with Gasteiger partial charge in [-0.2, -0.15) is 0 Å². The Morgan fingerprint density at radius 1 is 1.18 bits per heavy atom. The molecular formula is C22H26ClN3O2. The van der Waals surface area contributed by atoms with Gasteiger partial charge in [0.25, 0.3) is 0 Å². The van der Waals surface area contributed by atoms with Crippen LogP contribution in [0.2, 0.25) is 5.02 Å². The molecule has 0 aromatic heterocycles. The fraction of sp³-hybridized carbons (Fsp3) is 0.364. The molecule has 1 aliphatic heterocycles. The number of halogens is 1. The molecule has 1 saturated heterocycles. The van der Waals surface area contributed by atoms with Gasteiger partial charge in [-0.1, -0.05) is 17.7 Å². The van der Waals surface area contributed by atoms with Crippen molar-refractivity contribution >= 4 is 40.5 Å². The molecule has 0 bridgehead atoms. The Kier molecular flexibility index (Phi) is 6.25. The fourth-order valence-electron chi connectivity index (χ4n) is 3.59. The summed E-state index contributed by atoms with van der Waals surface area (Å²) in [7, 11) is 0. The summed E-state index contributed by atoms with van der Waals surface area (Å²) in [5.74, 6) is -0.568. The van der Waals surface area contributed by atoms with E-state index in [1.807, 2.05) is 43.3 Å². The first-order valence-electron chi connectivity index (χ1n) is 9.66. The van der Waals surface area contributed by atoms with Crippen molar-refractivity contribution in [3.63, 3.8) is 0 Å². The van der Waals surface area contributed by atoms with Crippen molar-refractivity contribution in [3.05, 3.63) is 53.1 Å². The summed E-state index contributed by atoms with van der Waals surface area (Å²) in [6.07, 6.45) is 0.204. The first kappa shape index (κ1) is 20.2. The van der Waals surface area contributed by atoms with Gasteiger partial charge in [0, 0.05) is 48.1 Å². The van der Waals surface area contributed by atoms with Crippen LogP contribution in [-0.2, 0) is 9.59 Å². The summed E-state index contributed by atoms with van der Waals surface area (Å²) >= 11 is 6.18. The highest BCUT2D eigenvalue weighted by Gasteiger charge is 2.35. The molecule has 148 valence electrons. The highest BCUT2D eigenvalue weighted by atomic mass is 35.5. The van der Waals surface area contributed by atoms with Gasteiger partial charge in [-0.25, -0.2) is 0 Å². The molecule has 1 atom stereocenters. The van der Waals surface area contributed by atoms with Gasteiger partial charge in [0.05, 0.1) is 5.92 Å². The van der Waals surface area contributed by atoms with Crippen molar-refractivity contribution in [2.24, 2.45) is 5.92 Å². The predicted molar refractivity (Wildman–Crippen MR) is 115 cm³/mol. The summed E-state index contributed by atoms with van der Waals surface area (Å²) in [4.78, 5) is 29.1. The van der Waals surface area contributed by atoms with Crippen LogP contribution in [0.1, 0.15) is 25.8 Å². The lowest BCUT2D eigenvalue weighted by atomic mass is 10.1. The Bertz CT molecular complexity index is 863. The van der Waals surface area contributed by atoms with Gasteiger partial charge < -0.3 is 15.1 Å². The normalized spacial score (nSPS) is 16.4. The second kappa shape index (κ2) is 8.65. The molecule has 2 aromatic carbocycles. The third-order valence-electron chi connectivity index (χ3n) is 5.29. The highest BCUT2D eigenvalue weighted by Crippen LogP contribution is 2.32. The maximum absolute atomic E-state index is 12.7. The van der Waals surface area contributed by atoms with Gasteiger partial charge in [-0.05, 0) is 62.7 Å². The smallest absolute Gasteiger partial charge is 0.229 e. The zero-order chi connectivity index (χ0) is 20.3. The van der Waals surface area contributed by atoms with Crippen LogP contribution >= 0.6 is 11.6 Å². The van der Waals surface area contributed by atoms with E-state index in [2.05, 4.69) is 24.1 Å². The van der Waals surface area contributed by atoms with Crippen LogP contribution < -0.4 is 15.1 Å². The Morgan fingerprint density at radius 2 is 1.86 bits per heavy atom. The number of rotatable bonds is 6. The molecule has 1 aliphatic rings. The van der Waals surface area contributed by atoms with Crippen LogP contribution in [0.3, 0.4) is 0 Å². The van der Waals surface area contributed by atoms with E-state index < -0.39 is 0 Å². The molecule has 2 amide bonds. The largest absolute Gasteiger partial charge is 0.372 e. The molecule has 0 saturated carbocycles. The Morgan fingerprint density at radius 3 is 2.50 bits per heavy atom. The van der Waals surface area contributed by atoms with E-state index >= 15 is 0 Å². The number of amides is 2. The Hall–Kier alpha value is -2.53. The summed E-state index contributed by atoms with van der Waals surface area (Å²) in [5.41, 5.74) is 3.49. The van der Waals surface area contributed by atoms with Crippen molar-refractivity contribution < 1.29 is 9.59 Å². The molecule has 3 rings (SSSR count). The van der Waals surface area contributed by atoms with Gasteiger partial charge in [0.1, 0.15) is 0 Å². The minimum atomic E-state index is -0.381. The first-order chi connectivity index (χ1) is 13.4. The highest BCUT2D eigenvalue weighted by molar-refractivity contribution is 6.31. The molecule has 1 N–H and O–H groups in total. The lowest BCUT2D eigenvalue weighted by molar-refractivity contribution is -0.122. The standard InChI is InChI=1S/C22H26ClN3O2/c1-4-25(5-2)18-11-9-17(10-12-18)24-22(28)16-13-21(27)26(14-16)20-8-6-7-19(23)15(20)3/h6-12,16H,4-5,13-14H2,1-3H3,(H,24,28). The number of benzene rings is 2. The van der Waals surface area contributed by atoms with Crippen LogP contribution in [0, 0.1) is 12.8 Å². The van der Waals surface area contributed by atoms with E-state index in [1.54, 1.807) is 11.0 Å². The van der Waals surface area contributed by atoms with E-state index in [9.17, 15) is 9.59 Å². The molecule has 1 unspecified atom stereocenters. The van der Waals surface area contributed by atoms with Crippen LogP contribution in [0.25, 0.3) is 0 Å². The van der Waals surface area contributed by atoms with E-state index in [-0.39, 0.29) is 24.2 Å². The molecule has 2 aromatic rings. The molecule has 0 aliphatic carbocycles. The Balaban J connectivity index is 1.67. The molecule has 0 spiro atoms. The van der Waals surface area contributed by atoms with Crippen molar-refractivity contribution in [2.45, 2.75) is 27.2 Å². The van der Waals surface area contributed by atoms with Gasteiger partial charge in [0.2, 0.25) is 11.8 Å². The molecule has 1 fully saturated rings. The number of anilines is 3. The van der Waals surface area contributed by atoms with Crippen molar-refractivity contribution in [1.29, 1.82) is 0 Å². The zero-order valence-electron chi connectivity index (χ0n) is 16.5. The second-order valence-corrected chi connectivity index (χ2v) is 7.40. The van der Waals surface area contributed by atoms with Crippen LogP contribution in [0.15, 0.2) is 42.5 Å². The number of carbonyl (C=O) groups excluding carboxylic acids is 2. The van der Waals surface area contributed by atoms with E-state index in [0.717, 1.165) is 35.7 Å². The first-order valence-corrected chi connectivity index (χ1v) is 10.0. The third kappa shape index (κ3) is 4.14. The molecule has 6 heteroatoms. The summed E-state index contributed by atoms with van der Waals surface area (Å²) < 4.78 is 0. The molecule has 5 nitrogen and oxygen atoms in total. The maximum Gasteiger partial charge on any atom is 0.229 e. The van der Waals surface area contributed by atoms with Crippen LogP contribution in [0.4, 0.5) is 17.1 Å². The van der Waals surface area contributed by atoms with Crippen molar-refractivity contribution in [2.75, 3.05) is 34.8 Å². The number of nitrogens with zero attached hydrogens (tertiary/aromatic N) is 2.